The number of fused-ring (bicyclic) bond motifs is 1. The molecular weight excluding hydrogens is 416 g/mol. The summed E-state index contributed by atoms with van der Waals surface area (Å²) in [6.45, 7) is -1.29. The maximum atomic E-state index is 13.6. The molecule has 2 unspecified atom stereocenters. The van der Waals surface area contributed by atoms with Crippen LogP contribution in [0.5, 0.6) is 0 Å². The van der Waals surface area contributed by atoms with Crippen LogP contribution < -0.4 is 10.6 Å². The number of anilines is 1. The minimum absolute atomic E-state index is 0.0283. The summed E-state index contributed by atoms with van der Waals surface area (Å²) < 4.78 is 27.2. The molecule has 0 radical (unpaired) electrons. The predicted molar refractivity (Wildman–Crippen MR) is 113 cm³/mol. The van der Waals surface area contributed by atoms with Gasteiger partial charge in [0.1, 0.15) is 6.04 Å². The molecule has 7 nitrogen and oxygen atoms in total. The van der Waals surface area contributed by atoms with Gasteiger partial charge in [-0.2, -0.15) is 5.26 Å². The molecule has 1 saturated heterocycles. The van der Waals surface area contributed by atoms with Gasteiger partial charge in [-0.15, -0.1) is 0 Å². The minimum Gasteiger partial charge on any atom is -0.376 e. The zero-order valence-electron chi connectivity index (χ0n) is 17.4. The summed E-state index contributed by atoms with van der Waals surface area (Å²) in [7, 11) is 0. The second kappa shape index (κ2) is 8.91. The number of benzene rings is 1. The zero-order chi connectivity index (χ0) is 22.7. The highest BCUT2D eigenvalue weighted by molar-refractivity contribution is 6.01. The Labute approximate surface area is 184 Å². The standard InChI is InChI=1S/C23H23F2N5O2/c24-23(25)10-16(11-26)30(14-23)21(31)13-28-22(32)18-8-9-27-12-20(18)29-19-7-3-5-15-4-1-2-6-17(15)19/h1-2,4,6,8-9,12,16,19,29H,3,5,7,10,13-14H2,(H,28,32). The molecule has 2 heterocycles. The number of aryl methyl sites for hydroxylation is 1. The molecule has 2 atom stereocenters. The van der Waals surface area contributed by atoms with Gasteiger partial charge in [0, 0.05) is 12.6 Å². The van der Waals surface area contributed by atoms with Crippen molar-refractivity contribution in [3.63, 3.8) is 0 Å². The van der Waals surface area contributed by atoms with E-state index < -0.39 is 43.3 Å². The lowest BCUT2D eigenvalue weighted by atomic mass is 9.87. The Balaban J connectivity index is 1.44. The SMILES string of the molecule is N#CC1CC(F)(F)CN1C(=O)CNC(=O)c1ccncc1NC1CCCc2ccccc21. The number of hydrogen-bond acceptors (Lipinski definition) is 5. The van der Waals surface area contributed by atoms with E-state index >= 15 is 0 Å². The topological polar surface area (TPSA) is 98.1 Å². The van der Waals surface area contributed by atoms with E-state index in [0.29, 0.717) is 11.3 Å². The number of aromatic nitrogens is 1. The van der Waals surface area contributed by atoms with Gasteiger partial charge in [-0.05, 0) is 36.5 Å². The molecule has 1 aromatic carbocycles. The van der Waals surface area contributed by atoms with Crippen molar-refractivity contribution in [3.8, 4) is 6.07 Å². The number of hydrogen-bond donors (Lipinski definition) is 2. The first kappa shape index (κ1) is 21.7. The fourth-order valence-electron chi connectivity index (χ4n) is 4.35. The molecule has 2 aromatic rings. The molecule has 4 rings (SSSR count). The number of carbonyl (C=O) groups is 2. The molecule has 166 valence electrons. The van der Waals surface area contributed by atoms with Gasteiger partial charge in [-0.3, -0.25) is 14.6 Å². The lowest BCUT2D eigenvalue weighted by Crippen LogP contribution is -2.43. The van der Waals surface area contributed by atoms with Gasteiger partial charge in [-0.1, -0.05) is 24.3 Å². The maximum Gasteiger partial charge on any atom is 0.268 e. The van der Waals surface area contributed by atoms with Gasteiger partial charge in [0.15, 0.2) is 0 Å². The molecule has 0 bridgehead atoms. The molecule has 0 spiro atoms. The summed E-state index contributed by atoms with van der Waals surface area (Å²) in [5.74, 6) is -4.34. The number of amides is 2. The Morgan fingerprint density at radius 1 is 1.28 bits per heavy atom. The van der Waals surface area contributed by atoms with Gasteiger partial charge in [0.2, 0.25) is 5.91 Å². The molecule has 1 fully saturated rings. The van der Waals surface area contributed by atoms with E-state index in [0.717, 1.165) is 24.2 Å². The number of pyridine rings is 1. The van der Waals surface area contributed by atoms with Crippen molar-refractivity contribution in [1.29, 1.82) is 5.26 Å². The third kappa shape index (κ3) is 4.54. The molecule has 1 aromatic heterocycles. The number of carbonyl (C=O) groups excluding carboxylic acids is 2. The molecule has 2 amide bonds. The number of nitriles is 1. The van der Waals surface area contributed by atoms with Gasteiger partial charge >= 0.3 is 0 Å². The van der Waals surface area contributed by atoms with Crippen LogP contribution in [0.15, 0.2) is 42.7 Å². The number of likely N-dealkylation sites (tertiary alicyclic amines) is 1. The summed E-state index contributed by atoms with van der Waals surface area (Å²) in [6, 6.07) is 10.3. The number of nitrogens with zero attached hydrogens (tertiary/aromatic N) is 3. The molecule has 1 aliphatic heterocycles. The van der Waals surface area contributed by atoms with Crippen LogP contribution in [0.3, 0.4) is 0 Å². The smallest absolute Gasteiger partial charge is 0.268 e. The lowest BCUT2D eigenvalue weighted by Gasteiger charge is -2.27. The van der Waals surface area contributed by atoms with E-state index in [4.69, 9.17) is 5.26 Å². The van der Waals surface area contributed by atoms with Crippen molar-refractivity contribution in [2.75, 3.05) is 18.4 Å². The van der Waals surface area contributed by atoms with E-state index in [-0.39, 0.29) is 6.04 Å². The van der Waals surface area contributed by atoms with Crippen LogP contribution in [0.1, 0.15) is 46.8 Å². The molecule has 1 aliphatic carbocycles. The largest absolute Gasteiger partial charge is 0.376 e. The molecule has 2 N–H and O–H groups in total. The Hall–Kier alpha value is -3.54. The fraction of sp³-hybridized carbons (Fsp3) is 0.391. The van der Waals surface area contributed by atoms with Crippen LogP contribution in [0.4, 0.5) is 14.5 Å². The average molecular weight is 439 g/mol. The number of alkyl halides is 2. The van der Waals surface area contributed by atoms with Crippen LogP contribution >= 0.6 is 0 Å². The van der Waals surface area contributed by atoms with Crippen molar-refractivity contribution in [2.24, 2.45) is 0 Å². The van der Waals surface area contributed by atoms with Crippen molar-refractivity contribution < 1.29 is 18.4 Å². The normalized spacial score (nSPS) is 21.3. The van der Waals surface area contributed by atoms with E-state index in [1.165, 1.54) is 17.3 Å². The molecule has 9 heteroatoms. The monoisotopic (exact) mass is 439 g/mol. The third-order valence-corrected chi connectivity index (χ3v) is 5.90. The first-order chi connectivity index (χ1) is 15.4. The molecule has 32 heavy (non-hydrogen) atoms. The Morgan fingerprint density at radius 3 is 2.91 bits per heavy atom. The summed E-state index contributed by atoms with van der Waals surface area (Å²) in [5, 5.41) is 14.9. The van der Waals surface area contributed by atoms with Gasteiger partial charge in [0.05, 0.1) is 42.6 Å². The number of nitrogens with one attached hydrogen (secondary N) is 2. The van der Waals surface area contributed by atoms with Crippen LogP contribution in [0.2, 0.25) is 0 Å². The molecular formula is C23H23F2N5O2. The Bertz CT molecular complexity index is 1070. The van der Waals surface area contributed by atoms with Crippen molar-refractivity contribution in [2.45, 2.75) is 43.7 Å². The van der Waals surface area contributed by atoms with Crippen molar-refractivity contribution in [1.82, 2.24) is 15.2 Å². The van der Waals surface area contributed by atoms with Gasteiger partial charge < -0.3 is 15.5 Å². The van der Waals surface area contributed by atoms with E-state index in [9.17, 15) is 18.4 Å². The summed E-state index contributed by atoms with van der Waals surface area (Å²) in [4.78, 5) is 30.1. The van der Waals surface area contributed by atoms with E-state index in [2.05, 4.69) is 27.8 Å². The molecule has 2 aliphatic rings. The van der Waals surface area contributed by atoms with Gasteiger partial charge in [-0.25, -0.2) is 8.78 Å². The predicted octanol–water partition coefficient (Wildman–Crippen LogP) is 3.06. The Kier molecular flexibility index (Phi) is 6.04. The number of halogens is 2. The first-order valence-corrected chi connectivity index (χ1v) is 10.5. The minimum atomic E-state index is -3.10. The van der Waals surface area contributed by atoms with Crippen LogP contribution in [-0.2, 0) is 11.2 Å². The zero-order valence-corrected chi connectivity index (χ0v) is 17.4. The number of rotatable bonds is 5. The third-order valence-electron chi connectivity index (χ3n) is 5.90. The van der Waals surface area contributed by atoms with Crippen LogP contribution in [-0.4, -0.2) is 46.8 Å². The highest BCUT2D eigenvalue weighted by Crippen LogP contribution is 2.33. The fourth-order valence-corrected chi connectivity index (χ4v) is 4.35. The Morgan fingerprint density at radius 2 is 2.09 bits per heavy atom. The second-order valence-electron chi connectivity index (χ2n) is 8.12. The van der Waals surface area contributed by atoms with Crippen LogP contribution in [0.25, 0.3) is 0 Å². The second-order valence-corrected chi connectivity index (χ2v) is 8.12. The summed E-state index contributed by atoms with van der Waals surface area (Å²) in [5.41, 5.74) is 3.29. The first-order valence-electron chi connectivity index (χ1n) is 10.5. The maximum absolute atomic E-state index is 13.6. The van der Waals surface area contributed by atoms with Crippen molar-refractivity contribution >= 4 is 17.5 Å². The summed E-state index contributed by atoms with van der Waals surface area (Å²) in [6.07, 6.45) is 5.28. The van der Waals surface area contributed by atoms with Gasteiger partial charge in [0.25, 0.3) is 11.8 Å². The average Bonchev–Trinajstić information content (AvgIpc) is 3.12. The highest BCUT2D eigenvalue weighted by atomic mass is 19.3. The quantitative estimate of drug-likeness (QED) is 0.746. The lowest BCUT2D eigenvalue weighted by molar-refractivity contribution is -0.131. The molecule has 0 saturated carbocycles. The summed E-state index contributed by atoms with van der Waals surface area (Å²) >= 11 is 0. The van der Waals surface area contributed by atoms with E-state index in [1.54, 1.807) is 18.3 Å². The van der Waals surface area contributed by atoms with E-state index in [1.807, 2.05) is 12.1 Å². The van der Waals surface area contributed by atoms with Crippen molar-refractivity contribution in [3.05, 3.63) is 59.4 Å². The van der Waals surface area contributed by atoms with Crippen LogP contribution in [0, 0.1) is 11.3 Å². The highest BCUT2D eigenvalue weighted by Gasteiger charge is 2.47.